The Bertz CT molecular complexity index is 984. The Morgan fingerprint density at radius 1 is 1.00 bits per heavy atom. The third kappa shape index (κ3) is 5.70. The zero-order valence-corrected chi connectivity index (χ0v) is 19.1. The predicted molar refractivity (Wildman–Crippen MR) is 118 cm³/mol. The van der Waals surface area contributed by atoms with E-state index in [9.17, 15) is 18.8 Å². The van der Waals surface area contributed by atoms with Crippen molar-refractivity contribution >= 4 is 34.2 Å². The SMILES string of the molecule is COC(=O)c1sc(NC(=O)CN2CCN(Cc3ccc(F)cc3)CC2)c(C(=O)OC)c1C. The van der Waals surface area contributed by atoms with Crippen molar-refractivity contribution in [2.24, 2.45) is 0 Å². The predicted octanol–water partition coefficient (Wildman–Crippen LogP) is 2.53. The van der Waals surface area contributed by atoms with Gasteiger partial charge in [-0.1, -0.05) is 12.1 Å². The van der Waals surface area contributed by atoms with E-state index in [4.69, 9.17) is 9.47 Å². The number of amides is 1. The van der Waals surface area contributed by atoms with Crippen LogP contribution in [0, 0.1) is 12.7 Å². The summed E-state index contributed by atoms with van der Waals surface area (Å²) in [4.78, 5) is 41.4. The quantitative estimate of drug-likeness (QED) is 0.632. The Morgan fingerprint density at radius 3 is 2.19 bits per heavy atom. The summed E-state index contributed by atoms with van der Waals surface area (Å²) < 4.78 is 22.6. The van der Waals surface area contributed by atoms with E-state index in [1.165, 1.54) is 26.4 Å². The molecular weight excluding hydrogens is 437 g/mol. The number of rotatable bonds is 7. The van der Waals surface area contributed by atoms with Crippen molar-refractivity contribution in [3.05, 3.63) is 51.7 Å². The van der Waals surface area contributed by atoms with Crippen LogP contribution < -0.4 is 5.32 Å². The fraction of sp³-hybridized carbons (Fsp3) is 0.409. The number of thiophene rings is 1. The molecule has 1 aliphatic rings. The molecule has 1 amide bonds. The minimum absolute atomic E-state index is 0.162. The Labute approximate surface area is 189 Å². The van der Waals surface area contributed by atoms with Gasteiger partial charge < -0.3 is 14.8 Å². The second-order valence-electron chi connectivity index (χ2n) is 7.47. The number of halogens is 1. The van der Waals surface area contributed by atoms with Gasteiger partial charge in [0.15, 0.2) is 0 Å². The zero-order valence-electron chi connectivity index (χ0n) is 18.3. The highest BCUT2D eigenvalue weighted by Gasteiger charge is 2.27. The summed E-state index contributed by atoms with van der Waals surface area (Å²) >= 11 is 0.995. The van der Waals surface area contributed by atoms with Crippen LogP contribution in [0.15, 0.2) is 24.3 Å². The summed E-state index contributed by atoms with van der Waals surface area (Å²) in [6.07, 6.45) is 0. The van der Waals surface area contributed by atoms with Gasteiger partial charge in [0.1, 0.15) is 15.7 Å². The highest BCUT2D eigenvalue weighted by atomic mass is 32.1. The topological polar surface area (TPSA) is 88.2 Å². The first kappa shape index (κ1) is 23.8. The van der Waals surface area contributed by atoms with Gasteiger partial charge in [-0.25, -0.2) is 14.0 Å². The number of hydrogen-bond donors (Lipinski definition) is 1. The largest absolute Gasteiger partial charge is 0.465 e. The number of carbonyl (C=O) groups excluding carboxylic acids is 3. The van der Waals surface area contributed by atoms with Crippen LogP contribution in [0.2, 0.25) is 0 Å². The summed E-state index contributed by atoms with van der Waals surface area (Å²) in [7, 11) is 2.50. The number of nitrogens with one attached hydrogen (secondary N) is 1. The third-order valence-corrected chi connectivity index (χ3v) is 6.50. The van der Waals surface area contributed by atoms with Crippen molar-refractivity contribution in [1.82, 2.24) is 9.80 Å². The molecule has 8 nitrogen and oxygen atoms in total. The lowest BCUT2D eigenvalue weighted by atomic mass is 10.1. The molecule has 3 rings (SSSR count). The molecule has 0 bridgehead atoms. The number of methoxy groups -OCH3 is 2. The smallest absolute Gasteiger partial charge is 0.348 e. The summed E-state index contributed by atoms with van der Waals surface area (Å²) in [6, 6.07) is 6.46. The van der Waals surface area contributed by atoms with Crippen molar-refractivity contribution in [3.8, 4) is 0 Å². The minimum atomic E-state index is -0.626. The molecule has 1 fully saturated rings. The van der Waals surface area contributed by atoms with Crippen LogP contribution in [0.1, 0.15) is 31.2 Å². The van der Waals surface area contributed by atoms with Crippen molar-refractivity contribution < 1.29 is 28.2 Å². The van der Waals surface area contributed by atoms with Crippen molar-refractivity contribution in [3.63, 3.8) is 0 Å². The number of nitrogens with zero attached hydrogens (tertiary/aromatic N) is 2. The number of esters is 2. The van der Waals surface area contributed by atoms with Crippen LogP contribution in [-0.2, 0) is 20.8 Å². The molecule has 0 aliphatic carbocycles. The van der Waals surface area contributed by atoms with Gasteiger partial charge in [-0.3, -0.25) is 14.6 Å². The van der Waals surface area contributed by atoms with Gasteiger partial charge in [-0.15, -0.1) is 11.3 Å². The maximum atomic E-state index is 13.1. The fourth-order valence-corrected chi connectivity index (χ4v) is 4.69. The van der Waals surface area contributed by atoms with E-state index in [2.05, 4.69) is 10.2 Å². The first-order valence-corrected chi connectivity index (χ1v) is 10.9. The molecule has 172 valence electrons. The third-order valence-electron chi connectivity index (χ3n) is 5.31. The number of benzene rings is 1. The van der Waals surface area contributed by atoms with Crippen LogP contribution in [0.5, 0.6) is 0 Å². The second-order valence-corrected chi connectivity index (χ2v) is 8.49. The van der Waals surface area contributed by atoms with Gasteiger partial charge in [0.2, 0.25) is 5.91 Å². The van der Waals surface area contributed by atoms with Crippen LogP contribution >= 0.6 is 11.3 Å². The summed E-state index contributed by atoms with van der Waals surface area (Å²) in [5.41, 5.74) is 1.62. The van der Waals surface area contributed by atoms with Crippen molar-refractivity contribution in [1.29, 1.82) is 0 Å². The fourth-order valence-electron chi connectivity index (χ4n) is 3.56. The van der Waals surface area contributed by atoms with E-state index in [-0.39, 0.29) is 33.7 Å². The number of piperazine rings is 1. The minimum Gasteiger partial charge on any atom is -0.465 e. The van der Waals surface area contributed by atoms with E-state index in [0.29, 0.717) is 18.7 Å². The average molecular weight is 464 g/mol. The number of hydrogen-bond acceptors (Lipinski definition) is 8. The molecule has 0 saturated carbocycles. The molecule has 0 spiro atoms. The molecule has 0 radical (unpaired) electrons. The van der Waals surface area contributed by atoms with E-state index < -0.39 is 11.9 Å². The van der Waals surface area contributed by atoms with Gasteiger partial charge in [-0.2, -0.15) is 0 Å². The number of anilines is 1. The molecule has 2 aromatic rings. The maximum Gasteiger partial charge on any atom is 0.348 e. The number of ether oxygens (including phenoxy) is 2. The Hall–Kier alpha value is -2.82. The van der Waals surface area contributed by atoms with Gasteiger partial charge >= 0.3 is 11.9 Å². The second kappa shape index (κ2) is 10.7. The lowest BCUT2D eigenvalue weighted by molar-refractivity contribution is -0.117. The summed E-state index contributed by atoms with van der Waals surface area (Å²) in [6.45, 7) is 5.48. The molecule has 1 aromatic carbocycles. The van der Waals surface area contributed by atoms with E-state index in [0.717, 1.165) is 36.5 Å². The first-order chi connectivity index (χ1) is 15.3. The zero-order chi connectivity index (χ0) is 23.3. The Morgan fingerprint density at radius 2 is 1.59 bits per heavy atom. The normalized spacial score (nSPS) is 14.8. The lowest BCUT2D eigenvalue weighted by Crippen LogP contribution is -2.48. The standard InChI is InChI=1S/C22H26FN3O5S/c1-14-18(21(28)30-2)20(32-19(14)22(29)31-3)24-17(27)13-26-10-8-25(9-11-26)12-15-4-6-16(23)7-5-15/h4-7H,8-13H2,1-3H3,(H,24,27). The highest BCUT2D eigenvalue weighted by molar-refractivity contribution is 7.18. The summed E-state index contributed by atoms with van der Waals surface area (Å²) in [5.74, 6) is -1.73. The molecule has 10 heteroatoms. The number of carbonyl (C=O) groups is 3. The molecule has 1 N–H and O–H groups in total. The van der Waals surface area contributed by atoms with E-state index in [1.807, 2.05) is 4.90 Å². The molecule has 2 heterocycles. The van der Waals surface area contributed by atoms with Crippen LogP contribution in [0.4, 0.5) is 9.39 Å². The molecule has 1 aliphatic heterocycles. The lowest BCUT2D eigenvalue weighted by Gasteiger charge is -2.34. The van der Waals surface area contributed by atoms with Gasteiger partial charge in [0.25, 0.3) is 0 Å². The van der Waals surface area contributed by atoms with E-state index in [1.54, 1.807) is 19.1 Å². The summed E-state index contributed by atoms with van der Waals surface area (Å²) in [5, 5.41) is 3.02. The molecule has 1 aromatic heterocycles. The average Bonchev–Trinajstić information content (AvgIpc) is 3.11. The van der Waals surface area contributed by atoms with Crippen LogP contribution in [0.25, 0.3) is 0 Å². The molecule has 0 unspecified atom stereocenters. The van der Waals surface area contributed by atoms with E-state index >= 15 is 0 Å². The Balaban J connectivity index is 1.57. The van der Waals surface area contributed by atoms with Crippen LogP contribution in [-0.4, -0.2) is 74.6 Å². The molecule has 1 saturated heterocycles. The Kier molecular flexibility index (Phi) is 7.94. The highest BCUT2D eigenvalue weighted by Crippen LogP contribution is 2.34. The maximum absolute atomic E-state index is 13.1. The van der Waals surface area contributed by atoms with Crippen molar-refractivity contribution in [2.75, 3.05) is 52.3 Å². The van der Waals surface area contributed by atoms with Crippen LogP contribution in [0.3, 0.4) is 0 Å². The van der Waals surface area contributed by atoms with Gasteiger partial charge in [0, 0.05) is 32.7 Å². The monoisotopic (exact) mass is 463 g/mol. The molecule has 32 heavy (non-hydrogen) atoms. The van der Waals surface area contributed by atoms with Gasteiger partial charge in [0.05, 0.1) is 26.3 Å². The van der Waals surface area contributed by atoms with Gasteiger partial charge in [-0.05, 0) is 30.2 Å². The molecular formula is C22H26FN3O5S. The molecule has 0 atom stereocenters. The van der Waals surface area contributed by atoms with Crippen molar-refractivity contribution in [2.45, 2.75) is 13.5 Å². The first-order valence-electron chi connectivity index (χ1n) is 10.1.